The van der Waals surface area contributed by atoms with E-state index in [9.17, 15) is 20.1 Å². The molecule has 0 aliphatic heterocycles. The van der Waals surface area contributed by atoms with Gasteiger partial charge in [-0.25, -0.2) is 4.79 Å². The molecule has 0 aliphatic carbocycles. The predicted molar refractivity (Wildman–Crippen MR) is 94.8 cm³/mol. The minimum Gasteiger partial charge on any atom is -0.508 e. The third-order valence-corrected chi connectivity index (χ3v) is 4.13. The maximum Gasteiger partial charge on any atom is 0.340 e. The number of nitrogens with zero attached hydrogens (tertiary/aromatic N) is 2. The molecule has 1 aromatic heterocycles. The van der Waals surface area contributed by atoms with Crippen LogP contribution in [0.1, 0.15) is 28.5 Å². The summed E-state index contributed by atoms with van der Waals surface area (Å²) < 4.78 is 6.98. The standard InChI is InChI=1S/C18H26N2O5/c1-5-25-18(24)16-11(2)20(8-12(22)10-21)14-6-7-15(23)13(17(14)16)9-19(3)4/h6-7,12,21-23H,5,8-10H2,1-4H3. The van der Waals surface area contributed by atoms with Gasteiger partial charge in [0.15, 0.2) is 0 Å². The van der Waals surface area contributed by atoms with Crippen LogP contribution in [0.2, 0.25) is 0 Å². The lowest BCUT2D eigenvalue weighted by Crippen LogP contribution is -2.20. The van der Waals surface area contributed by atoms with Gasteiger partial charge in [0.25, 0.3) is 0 Å². The number of aliphatic hydroxyl groups excluding tert-OH is 2. The first kappa shape index (κ1) is 19.2. The summed E-state index contributed by atoms with van der Waals surface area (Å²) in [6, 6.07) is 3.29. The SMILES string of the molecule is CCOC(=O)c1c(C)n(CC(O)CO)c2ccc(O)c(CN(C)C)c12. The van der Waals surface area contributed by atoms with Crippen molar-refractivity contribution in [2.24, 2.45) is 0 Å². The number of hydrogen-bond acceptors (Lipinski definition) is 6. The third kappa shape index (κ3) is 3.78. The molecule has 138 valence electrons. The average Bonchev–Trinajstić information content (AvgIpc) is 2.82. The van der Waals surface area contributed by atoms with Crippen LogP contribution in [0.5, 0.6) is 5.75 Å². The Morgan fingerprint density at radius 3 is 2.60 bits per heavy atom. The Bertz CT molecular complexity index is 767. The number of fused-ring (bicyclic) bond motifs is 1. The fourth-order valence-electron chi connectivity index (χ4n) is 3.06. The first-order chi connectivity index (χ1) is 11.8. The van der Waals surface area contributed by atoms with Gasteiger partial charge in [-0.3, -0.25) is 0 Å². The summed E-state index contributed by atoms with van der Waals surface area (Å²) in [5, 5.41) is 30.0. The molecule has 3 N–H and O–H groups in total. The zero-order chi connectivity index (χ0) is 18.7. The second-order valence-corrected chi connectivity index (χ2v) is 6.32. The minimum atomic E-state index is -0.949. The van der Waals surface area contributed by atoms with Crippen molar-refractivity contribution in [3.05, 3.63) is 29.0 Å². The quantitative estimate of drug-likeness (QED) is 0.651. The van der Waals surface area contributed by atoms with Gasteiger partial charge in [-0.2, -0.15) is 0 Å². The molecule has 0 saturated carbocycles. The number of benzene rings is 1. The van der Waals surface area contributed by atoms with Gasteiger partial charge in [0, 0.05) is 28.7 Å². The van der Waals surface area contributed by atoms with Crippen LogP contribution in [0.3, 0.4) is 0 Å². The molecule has 1 aromatic carbocycles. The van der Waals surface area contributed by atoms with E-state index in [1.807, 2.05) is 19.0 Å². The number of carbonyl (C=O) groups is 1. The number of ether oxygens (including phenoxy) is 1. The Morgan fingerprint density at radius 1 is 1.36 bits per heavy atom. The minimum absolute atomic E-state index is 0.103. The van der Waals surface area contributed by atoms with Gasteiger partial charge < -0.3 is 29.5 Å². The molecule has 0 amide bonds. The highest BCUT2D eigenvalue weighted by atomic mass is 16.5. The summed E-state index contributed by atoms with van der Waals surface area (Å²) in [5.41, 5.74) is 2.36. The zero-order valence-electron chi connectivity index (χ0n) is 15.1. The number of phenolic OH excluding ortho intramolecular Hbond substituents is 1. The highest BCUT2D eigenvalue weighted by molar-refractivity contribution is 6.08. The lowest BCUT2D eigenvalue weighted by Gasteiger charge is -2.14. The predicted octanol–water partition coefficient (Wildman–Crippen LogP) is 1.25. The van der Waals surface area contributed by atoms with Crippen molar-refractivity contribution in [3.63, 3.8) is 0 Å². The van der Waals surface area contributed by atoms with E-state index in [1.165, 1.54) is 0 Å². The average molecular weight is 350 g/mol. The van der Waals surface area contributed by atoms with Gasteiger partial charge in [-0.1, -0.05) is 0 Å². The molecule has 2 rings (SSSR count). The van der Waals surface area contributed by atoms with Gasteiger partial charge in [0.1, 0.15) is 5.75 Å². The number of aromatic hydroxyl groups is 1. The van der Waals surface area contributed by atoms with Crippen molar-refractivity contribution in [2.75, 3.05) is 27.3 Å². The molecule has 7 heteroatoms. The van der Waals surface area contributed by atoms with Crippen LogP contribution in [-0.4, -0.2) is 64.2 Å². The largest absolute Gasteiger partial charge is 0.508 e. The Hall–Kier alpha value is -2.09. The van der Waals surface area contributed by atoms with E-state index < -0.39 is 12.1 Å². The fraction of sp³-hybridized carbons (Fsp3) is 0.500. The second-order valence-electron chi connectivity index (χ2n) is 6.32. The molecular formula is C18H26N2O5. The van der Waals surface area contributed by atoms with Crippen molar-refractivity contribution in [1.82, 2.24) is 9.47 Å². The van der Waals surface area contributed by atoms with Crippen LogP contribution in [0.15, 0.2) is 12.1 Å². The molecule has 1 heterocycles. The first-order valence-electron chi connectivity index (χ1n) is 8.26. The first-order valence-corrected chi connectivity index (χ1v) is 8.26. The number of hydrogen-bond donors (Lipinski definition) is 3. The van der Waals surface area contributed by atoms with Crippen molar-refractivity contribution in [2.45, 2.75) is 33.0 Å². The van der Waals surface area contributed by atoms with Crippen molar-refractivity contribution >= 4 is 16.9 Å². The normalized spacial score (nSPS) is 12.8. The molecule has 0 saturated heterocycles. The van der Waals surface area contributed by atoms with Gasteiger partial charge in [0.2, 0.25) is 0 Å². The van der Waals surface area contributed by atoms with E-state index in [1.54, 1.807) is 30.5 Å². The maximum atomic E-state index is 12.6. The molecule has 0 fully saturated rings. The Balaban J connectivity index is 2.79. The monoisotopic (exact) mass is 350 g/mol. The highest BCUT2D eigenvalue weighted by Gasteiger charge is 2.25. The molecular weight excluding hydrogens is 324 g/mol. The van der Waals surface area contributed by atoms with Gasteiger partial charge in [0.05, 0.1) is 31.4 Å². The summed E-state index contributed by atoms with van der Waals surface area (Å²) in [4.78, 5) is 14.5. The molecule has 0 bridgehead atoms. The van der Waals surface area contributed by atoms with Crippen LogP contribution in [0.4, 0.5) is 0 Å². The van der Waals surface area contributed by atoms with Gasteiger partial charge >= 0.3 is 5.97 Å². The number of phenols is 1. The van der Waals surface area contributed by atoms with E-state index in [0.29, 0.717) is 34.3 Å². The molecule has 25 heavy (non-hydrogen) atoms. The lowest BCUT2D eigenvalue weighted by atomic mass is 10.0. The molecule has 2 aromatic rings. The van der Waals surface area contributed by atoms with Gasteiger partial charge in [-0.15, -0.1) is 0 Å². The smallest absolute Gasteiger partial charge is 0.340 e. The number of aromatic nitrogens is 1. The topological polar surface area (TPSA) is 95.2 Å². The molecule has 0 spiro atoms. The molecule has 7 nitrogen and oxygen atoms in total. The van der Waals surface area contributed by atoms with Crippen molar-refractivity contribution in [3.8, 4) is 5.75 Å². The maximum absolute atomic E-state index is 12.6. The zero-order valence-corrected chi connectivity index (χ0v) is 15.1. The van der Waals surface area contributed by atoms with Crippen LogP contribution in [-0.2, 0) is 17.8 Å². The molecule has 0 radical (unpaired) electrons. The van der Waals surface area contributed by atoms with Gasteiger partial charge in [-0.05, 0) is 40.1 Å². The van der Waals surface area contributed by atoms with Crippen molar-refractivity contribution in [1.29, 1.82) is 0 Å². The summed E-state index contributed by atoms with van der Waals surface area (Å²) >= 11 is 0. The fourth-order valence-corrected chi connectivity index (χ4v) is 3.06. The molecule has 1 unspecified atom stereocenters. The van der Waals surface area contributed by atoms with E-state index in [2.05, 4.69) is 0 Å². The van der Waals surface area contributed by atoms with Crippen LogP contribution >= 0.6 is 0 Å². The summed E-state index contributed by atoms with van der Waals surface area (Å²) in [6.07, 6.45) is -0.949. The van der Waals surface area contributed by atoms with E-state index in [4.69, 9.17) is 4.74 Å². The van der Waals surface area contributed by atoms with E-state index in [-0.39, 0.29) is 25.5 Å². The van der Waals surface area contributed by atoms with Crippen LogP contribution < -0.4 is 0 Å². The van der Waals surface area contributed by atoms with Crippen LogP contribution in [0, 0.1) is 6.92 Å². The summed E-state index contributed by atoms with van der Waals surface area (Å²) in [6.45, 7) is 3.96. The summed E-state index contributed by atoms with van der Waals surface area (Å²) in [7, 11) is 3.75. The number of rotatable bonds is 7. The van der Waals surface area contributed by atoms with E-state index >= 15 is 0 Å². The van der Waals surface area contributed by atoms with Crippen molar-refractivity contribution < 1.29 is 24.9 Å². The molecule has 0 aliphatic rings. The van der Waals surface area contributed by atoms with E-state index in [0.717, 1.165) is 0 Å². The number of aliphatic hydroxyl groups is 2. The Kier molecular flexibility index (Phi) is 6.05. The Morgan fingerprint density at radius 2 is 2.04 bits per heavy atom. The number of esters is 1. The number of carbonyl (C=O) groups excluding carboxylic acids is 1. The second kappa shape index (κ2) is 7.86. The van der Waals surface area contributed by atoms with Crippen LogP contribution in [0.25, 0.3) is 10.9 Å². The summed E-state index contributed by atoms with van der Waals surface area (Å²) in [5.74, 6) is -0.362. The lowest BCUT2D eigenvalue weighted by molar-refractivity contribution is 0.0526. The molecule has 1 atom stereocenters. The Labute approximate surface area is 147 Å². The third-order valence-electron chi connectivity index (χ3n) is 4.13. The highest BCUT2D eigenvalue weighted by Crippen LogP contribution is 2.35.